The Hall–Kier alpha value is -2.64. The SMILES string of the molecule is CC(C)CC(NC(=O)c1ccc(NC(C(C)C)C(C)C)c([N+](=O)[O-])c1)C(=O)OC(C)(C)C. The first-order valence-electron chi connectivity index (χ1n) is 11.2. The van der Waals surface area contributed by atoms with Crippen molar-refractivity contribution in [1.82, 2.24) is 5.32 Å². The third kappa shape index (κ3) is 8.48. The van der Waals surface area contributed by atoms with Crippen molar-refractivity contribution in [1.29, 1.82) is 0 Å². The molecule has 0 spiro atoms. The molecule has 0 aromatic heterocycles. The monoisotopic (exact) mass is 449 g/mol. The third-order valence-electron chi connectivity index (χ3n) is 4.92. The van der Waals surface area contributed by atoms with E-state index in [1.807, 2.05) is 13.8 Å². The predicted molar refractivity (Wildman–Crippen MR) is 127 cm³/mol. The lowest BCUT2D eigenvalue weighted by Crippen LogP contribution is -2.45. The van der Waals surface area contributed by atoms with Gasteiger partial charge in [0.05, 0.1) is 4.92 Å². The highest BCUT2D eigenvalue weighted by Crippen LogP contribution is 2.29. The standard InChI is InChI=1S/C24H39N3O5/c1-14(2)12-19(23(29)32-24(7,8)9)26-22(28)17-10-11-18(20(13-17)27(30)31)25-21(15(3)4)16(5)6/h10-11,13-16,19,21,25H,12H2,1-9H3,(H,26,28). The van der Waals surface area contributed by atoms with Crippen molar-refractivity contribution in [3.8, 4) is 0 Å². The highest BCUT2D eigenvalue weighted by atomic mass is 16.6. The van der Waals surface area contributed by atoms with E-state index in [0.29, 0.717) is 12.1 Å². The van der Waals surface area contributed by atoms with Crippen LogP contribution in [0.2, 0.25) is 0 Å². The number of carbonyl (C=O) groups excluding carboxylic acids is 2. The van der Waals surface area contributed by atoms with Crippen molar-refractivity contribution in [3.63, 3.8) is 0 Å². The van der Waals surface area contributed by atoms with Gasteiger partial charge in [-0.1, -0.05) is 41.5 Å². The van der Waals surface area contributed by atoms with E-state index in [-0.39, 0.29) is 35.0 Å². The van der Waals surface area contributed by atoms with Crippen molar-refractivity contribution in [2.75, 3.05) is 5.32 Å². The number of nitro groups is 1. The molecule has 180 valence electrons. The average Bonchev–Trinajstić information content (AvgIpc) is 2.62. The average molecular weight is 450 g/mol. The number of rotatable bonds is 10. The number of nitrogens with one attached hydrogen (secondary N) is 2. The predicted octanol–water partition coefficient (Wildman–Crippen LogP) is 5.17. The van der Waals surface area contributed by atoms with Crippen molar-refractivity contribution < 1.29 is 19.2 Å². The van der Waals surface area contributed by atoms with Gasteiger partial charge in [0.15, 0.2) is 0 Å². The highest BCUT2D eigenvalue weighted by Gasteiger charge is 2.29. The van der Waals surface area contributed by atoms with Crippen LogP contribution >= 0.6 is 0 Å². The summed E-state index contributed by atoms with van der Waals surface area (Å²) < 4.78 is 5.44. The van der Waals surface area contributed by atoms with Gasteiger partial charge in [-0.15, -0.1) is 0 Å². The van der Waals surface area contributed by atoms with E-state index in [0.717, 1.165) is 0 Å². The van der Waals surface area contributed by atoms with Gasteiger partial charge >= 0.3 is 5.97 Å². The number of ether oxygens (including phenoxy) is 1. The van der Waals surface area contributed by atoms with E-state index < -0.39 is 28.4 Å². The van der Waals surface area contributed by atoms with Crippen LogP contribution in [0.25, 0.3) is 0 Å². The van der Waals surface area contributed by atoms with Gasteiger partial charge in [-0.2, -0.15) is 0 Å². The lowest BCUT2D eigenvalue weighted by Gasteiger charge is -2.27. The van der Waals surface area contributed by atoms with Crippen molar-refractivity contribution in [3.05, 3.63) is 33.9 Å². The fraction of sp³-hybridized carbons (Fsp3) is 0.667. The zero-order valence-electron chi connectivity index (χ0n) is 20.8. The molecular weight excluding hydrogens is 410 g/mol. The number of anilines is 1. The van der Waals surface area contributed by atoms with Crippen LogP contribution in [0, 0.1) is 27.9 Å². The zero-order valence-corrected chi connectivity index (χ0v) is 20.8. The van der Waals surface area contributed by atoms with Gasteiger partial charge in [0.1, 0.15) is 17.3 Å². The van der Waals surface area contributed by atoms with Crippen molar-refractivity contribution in [2.24, 2.45) is 17.8 Å². The van der Waals surface area contributed by atoms with Crippen LogP contribution in [0.15, 0.2) is 18.2 Å². The normalized spacial score (nSPS) is 12.9. The molecule has 0 radical (unpaired) electrons. The molecule has 1 amide bonds. The molecule has 8 heteroatoms. The number of hydrogen-bond acceptors (Lipinski definition) is 6. The number of carbonyl (C=O) groups is 2. The molecule has 2 N–H and O–H groups in total. The fourth-order valence-corrected chi connectivity index (χ4v) is 3.53. The summed E-state index contributed by atoms with van der Waals surface area (Å²) in [5.41, 5.74) is -0.386. The molecule has 0 saturated heterocycles. The number of esters is 1. The molecule has 0 aliphatic heterocycles. The van der Waals surface area contributed by atoms with Crippen molar-refractivity contribution >= 4 is 23.3 Å². The maximum Gasteiger partial charge on any atom is 0.329 e. The molecule has 1 unspecified atom stereocenters. The number of amides is 1. The molecule has 8 nitrogen and oxygen atoms in total. The Labute approximate surface area is 191 Å². The Bertz CT molecular complexity index is 804. The number of nitro benzene ring substituents is 1. The summed E-state index contributed by atoms with van der Waals surface area (Å²) in [6.45, 7) is 17.4. The first kappa shape index (κ1) is 27.4. The minimum atomic E-state index is -0.843. The van der Waals surface area contributed by atoms with Crippen LogP contribution < -0.4 is 10.6 Å². The Morgan fingerprint density at radius 3 is 2.06 bits per heavy atom. The van der Waals surface area contributed by atoms with Gasteiger partial charge in [-0.25, -0.2) is 4.79 Å². The van der Waals surface area contributed by atoms with Crippen LogP contribution in [0.3, 0.4) is 0 Å². The minimum absolute atomic E-state index is 0.0379. The number of nitrogens with zero attached hydrogens (tertiary/aromatic N) is 1. The van der Waals surface area contributed by atoms with E-state index in [2.05, 4.69) is 38.3 Å². The van der Waals surface area contributed by atoms with Gasteiger partial charge in [-0.3, -0.25) is 14.9 Å². The van der Waals surface area contributed by atoms with Crippen LogP contribution in [-0.2, 0) is 9.53 Å². The summed E-state index contributed by atoms with van der Waals surface area (Å²) in [6.07, 6.45) is 0.396. The molecule has 0 bridgehead atoms. The molecule has 0 aliphatic carbocycles. The topological polar surface area (TPSA) is 111 Å². The Morgan fingerprint density at radius 2 is 1.62 bits per heavy atom. The van der Waals surface area contributed by atoms with Crippen LogP contribution in [0.1, 0.15) is 79.1 Å². The lowest BCUT2D eigenvalue weighted by atomic mass is 9.93. The van der Waals surface area contributed by atoms with E-state index in [9.17, 15) is 19.7 Å². The van der Waals surface area contributed by atoms with Gasteiger partial charge in [0.2, 0.25) is 0 Å². The second-order valence-electron chi connectivity index (χ2n) is 10.3. The van der Waals surface area contributed by atoms with Gasteiger partial charge in [0, 0.05) is 17.7 Å². The smallest absolute Gasteiger partial charge is 0.329 e. The second-order valence-corrected chi connectivity index (χ2v) is 10.3. The summed E-state index contributed by atoms with van der Waals surface area (Å²) in [5.74, 6) is -0.409. The van der Waals surface area contributed by atoms with Crippen LogP contribution in [0.4, 0.5) is 11.4 Å². The molecule has 1 aromatic carbocycles. The van der Waals surface area contributed by atoms with Gasteiger partial charge < -0.3 is 15.4 Å². The Morgan fingerprint density at radius 1 is 1.06 bits per heavy atom. The lowest BCUT2D eigenvalue weighted by molar-refractivity contribution is -0.384. The van der Waals surface area contributed by atoms with Crippen molar-refractivity contribution in [2.45, 2.75) is 86.4 Å². The molecule has 1 aromatic rings. The molecule has 0 saturated carbocycles. The molecule has 32 heavy (non-hydrogen) atoms. The molecule has 0 fully saturated rings. The summed E-state index contributed by atoms with van der Waals surface area (Å²) in [5, 5.41) is 17.7. The Kier molecular flexibility index (Phi) is 9.67. The van der Waals surface area contributed by atoms with Gasteiger partial charge in [0.25, 0.3) is 11.6 Å². The van der Waals surface area contributed by atoms with Crippen LogP contribution in [-0.4, -0.2) is 34.5 Å². The molecule has 1 rings (SSSR count). The zero-order chi connectivity index (χ0) is 24.8. The maximum absolute atomic E-state index is 12.9. The summed E-state index contributed by atoms with van der Waals surface area (Å²) in [6, 6.07) is 3.53. The maximum atomic E-state index is 12.9. The minimum Gasteiger partial charge on any atom is -0.458 e. The van der Waals surface area contributed by atoms with E-state index in [4.69, 9.17) is 4.74 Å². The molecule has 0 heterocycles. The summed E-state index contributed by atoms with van der Waals surface area (Å²) >= 11 is 0. The third-order valence-corrected chi connectivity index (χ3v) is 4.92. The summed E-state index contributed by atoms with van der Waals surface area (Å²) in [7, 11) is 0. The first-order chi connectivity index (χ1) is 14.6. The van der Waals surface area contributed by atoms with E-state index in [1.54, 1.807) is 26.8 Å². The first-order valence-corrected chi connectivity index (χ1v) is 11.2. The summed E-state index contributed by atoms with van der Waals surface area (Å²) in [4.78, 5) is 36.7. The second kappa shape index (κ2) is 11.3. The Balaban J connectivity index is 3.17. The van der Waals surface area contributed by atoms with E-state index in [1.165, 1.54) is 12.1 Å². The molecule has 1 atom stereocenters. The van der Waals surface area contributed by atoms with Gasteiger partial charge in [-0.05, 0) is 57.1 Å². The number of hydrogen-bond donors (Lipinski definition) is 2. The fourth-order valence-electron chi connectivity index (χ4n) is 3.53. The molecule has 0 aliphatic rings. The highest BCUT2D eigenvalue weighted by molar-refractivity contribution is 5.98. The quantitative estimate of drug-likeness (QED) is 0.289. The molecular formula is C24H39N3O5. The number of benzene rings is 1. The largest absolute Gasteiger partial charge is 0.458 e. The van der Waals surface area contributed by atoms with E-state index >= 15 is 0 Å². The van der Waals surface area contributed by atoms with Crippen LogP contribution in [0.5, 0.6) is 0 Å².